The quantitative estimate of drug-likeness (QED) is 0.643. The van der Waals surface area contributed by atoms with Crippen molar-refractivity contribution in [2.45, 2.75) is 31.2 Å². The Hall–Kier alpha value is -3.09. The second-order valence-electron chi connectivity index (χ2n) is 7.85. The minimum atomic E-state index is -1.59. The van der Waals surface area contributed by atoms with Crippen LogP contribution in [-0.2, 0) is 32.9 Å². The van der Waals surface area contributed by atoms with Gasteiger partial charge in [0.05, 0.1) is 18.4 Å². The maximum atomic E-state index is 13.8. The highest BCUT2D eigenvalue weighted by atomic mass is 19.2. The summed E-state index contributed by atoms with van der Waals surface area (Å²) in [4.78, 5) is 12.9. The van der Waals surface area contributed by atoms with E-state index in [-0.39, 0.29) is 6.61 Å². The van der Waals surface area contributed by atoms with Crippen molar-refractivity contribution in [1.29, 1.82) is 0 Å². The zero-order chi connectivity index (χ0) is 21.4. The van der Waals surface area contributed by atoms with Gasteiger partial charge in [-0.25, -0.2) is 8.78 Å². The largest absolute Gasteiger partial charge is 0.338 e. The van der Waals surface area contributed by atoms with Gasteiger partial charge in [0.2, 0.25) is 0 Å². The number of carbonyl (C=O) groups excluding carboxylic acids is 1. The van der Waals surface area contributed by atoms with Gasteiger partial charge in [-0.2, -0.15) is 0 Å². The van der Waals surface area contributed by atoms with Crippen LogP contribution in [0.15, 0.2) is 66.7 Å². The van der Waals surface area contributed by atoms with Crippen molar-refractivity contribution in [3.05, 3.63) is 101 Å². The zero-order valence-corrected chi connectivity index (χ0v) is 16.7. The third kappa shape index (κ3) is 3.62. The minimum Gasteiger partial charge on any atom is -0.338 e. The van der Waals surface area contributed by atoms with Crippen LogP contribution < -0.4 is 5.32 Å². The molecule has 1 unspecified atom stereocenters. The van der Waals surface area contributed by atoms with E-state index in [0.29, 0.717) is 23.2 Å². The molecule has 1 N–H and O–H groups in total. The summed E-state index contributed by atoms with van der Waals surface area (Å²) in [5.41, 5.74) is 4.02. The summed E-state index contributed by atoms with van der Waals surface area (Å²) in [6.07, 6.45) is 1.51. The molecular formula is C25H21F2NO3. The smallest absolute Gasteiger partial charge is 0.289 e. The molecule has 2 aliphatic heterocycles. The van der Waals surface area contributed by atoms with Crippen molar-refractivity contribution >= 4 is 11.6 Å². The average Bonchev–Trinajstić information content (AvgIpc) is 3.05. The van der Waals surface area contributed by atoms with E-state index in [0.717, 1.165) is 30.5 Å². The molecular weight excluding hydrogens is 400 g/mol. The molecule has 5 rings (SSSR count). The number of rotatable bonds is 4. The average molecular weight is 421 g/mol. The van der Waals surface area contributed by atoms with Gasteiger partial charge in [-0.3, -0.25) is 4.79 Å². The molecule has 3 aromatic rings. The van der Waals surface area contributed by atoms with Gasteiger partial charge in [0.1, 0.15) is 0 Å². The van der Waals surface area contributed by atoms with Crippen LogP contribution in [0.5, 0.6) is 0 Å². The highest BCUT2D eigenvalue weighted by Crippen LogP contribution is 2.46. The van der Waals surface area contributed by atoms with Crippen LogP contribution in [0.1, 0.15) is 34.8 Å². The molecule has 0 saturated carbocycles. The maximum Gasteiger partial charge on any atom is 0.289 e. The number of anilines is 1. The number of carbonyl (C=O) groups is 1. The number of benzene rings is 3. The Morgan fingerprint density at radius 3 is 2.55 bits per heavy atom. The maximum absolute atomic E-state index is 13.8. The molecule has 6 heteroatoms. The first-order valence-electron chi connectivity index (χ1n) is 10.3. The Morgan fingerprint density at radius 1 is 0.935 bits per heavy atom. The molecule has 4 nitrogen and oxygen atoms in total. The first kappa shape index (κ1) is 19.8. The third-order valence-electron chi connectivity index (χ3n) is 5.84. The molecule has 31 heavy (non-hydrogen) atoms. The van der Waals surface area contributed by atoms with Crippen LogP contribution in [0.2, 0.25) is 0 Å². The van der Waals surface area contributed by atoms with Crippen LogP contribution in [0.3, 0.4) is 0 Å². The van der Waals surface area contributed by atoms with Gasteiger partial charge < -0.3 is 14.8 Å². The SMILES string of the molecule is O=C1Nc2ccc(CCc3ccccc3)cc2[C@]12OCCC(c1ccc(F)c(F)c1)O2. The van der Waals surface area contributed by atoms with Crippen molar-refractivity contribution in [3.63, 3.8) is 0 Å². The monoisotopic (exact) mass is 421 g/mol. The number of hydrogen-bond donors (Lipinski definition) is 1. The second-order valence-corrected chi connectivity index (χ2v) is 7.85. The van der Waals surface area contributed by atoms with Crippen molar-refractivity contribution in [1.82, 2.24) is 0 Å². The minimum absolute atomic E-state index is 0.255. The molecule has 2 aliphatic rings. The highest BCUT2D eigenvalue weighted by Gasteiger charge is 2.53. The number of hydrogen-bond acceptors (Lipinski definition) is 3. The standard InChI is InChI=1S/C25H21F2NO3/c26-20-10-9-18(15-21(20)27)23-12-13-30-25(31-23)19-14-17(8-11-22(19)28-24(25)29)7-6-16-4-2-1-3-5-16/h1-5,8-11,14-15,23H,6-7,12-13H2,(H,28,29)/t23?,25-/m1/s1. The van der Waals surface area contributed by atoms with Crippen LogP contribution in [0.4, 0.5) is 14.5 Å². The van der Waals surface area contributed by atoms with Gasteiger partial charge in [-0.15, -0.1) is 0 Å². The molecule has 0 aliphatic carbocycles. The van der Waals surface area contributed by atoms with E-state index in [1.54, 1.807) is 0 Å². The van der Waals surface area contributed by atoms with Gasteiger partial charge in [-0.05, 0) is 53.8 Å². The van der Waals surface area contributed by atoms with Gasteiger partial charge in [0, 0.05) is 12.0 Å². The van der Waals surface area contributed by atoms with E-state index >= 15 is 0 Å². The van der Waals surface area contributed by atoms with Crippen LogP contribution in [-0.4, -0.2) is 12.5 Å². The fraction of sp³-hybridized carbons (Fsp3) is 0.240. The number of aryl methyl sites for hydroxylation is 2. The lowest BCUT2D eigenvalue weighted by Gasteiger charge is -2.37. The van der Waals surface area contributed by atoms with Crippen molar-refractivity contribution in [2.24, 2.45) is 0 Å². The fourth-order valence-electron chi connectivity index (χ4n) is 4.20. The molecule has 1 fully saturated rings. The number of fused-ring (bicyclic) bond motifs is 2. The summed E-state index contributed by atoms with van der Waals surface area (Å²) in [5.74, 6) is -3.86. The van der Waals surface area contributed by atoms with E-state index in [1.807, 2.05) is 36.4 Å². The molecule has 0 radical (unpaired) electrons. The number of amides is 1. The van der Waals surface area contributed by atoms with Gasteiger partial charge in [-0.1, -0.05) is 42.5 Å². The van der Waals surface area contributed by atoms with Gasteiger partial charge in [0.15, 0.2) is 11.6 Å². The van der Waals surface area contributed by atoms with E-state index in [9.17, 15) is 13.6 Å². The number of ether oxygens (including phenoxy) is 2. The molecule has 2 atom stereocenters. The predicted octanol–water partition coefficient (Wildman–Crippen LogP) is 5.03. The lowest BCUT2D eigenvalue weighted by molar-refractivity contribution is -0.282. The molecule has 1 spiro atoms. The molecule has 158 valence electrons. The fourth-order valence-corrected chi connectivity index (χ4v) is 4.20. The topological polar surface area (TPSA) is 47.6 Å². The van der Waals surface area contributed by atoms with Crippen LogP contribution in [0.25, 0.3) is 0 Å². The molecule has 3 aromatic carbocycles. The predicted molar refractivity (Wildman–Crippen MR) is 111 cm³/mol. The van der Waals surface area contributed by atoms with E-state index in [2.05, 4.69) is 17.4 Å². The number of nitrogens with one attached hydrogen (secondary N) is 1. The summed E-state index contributed by atoms with van der Waals surface area (Å²) in [5, 5.41) is 2.83. The van der Waals surface area contributed by atoms with E-state index < -0.39 is 29.4 Å². The van der Waals surface area contributed by atoms with Crippen LogP contribution in [0, 0.1) is 11.6 Å². The second kappa shape index (κ2) is 7.87. The zero-order valence-electron chi connectivity index (χ0n) is 16.7. The third-order valence-corrected chi connectivity index (χ3v) is 5.84. The Balaban J connectivity index is 1.43. The molecule has 0 bridgehead atoms. The lowest BCUT2D eigenvalue weighted by atomic mass is 9.97. The summed E-state index contributed by atoms with van der Waals surface area (Å²) >= 11 is 0. The van der Waals surface area contributed by atoms with Crippen LogP contribution >= 0.6 is 0 Å². The Morgan fingerprint density at radius 2 is 1.74 bits per heavy atom. The van der Waals surface area contributed by atoms with E-state index in [1.165, 1.54) is 11.6 Å². The Kier molecular flexibility index (Phi) is 5.04. The van der Waals surface area contributed by atoms with E-state index in [4.69, 9.17) is 9.47 Å². The van der Waals surface area contributed by atoms with Crippen molar-refractivity contribution in [3.8, 4) is 0 Å². The van der Waals surface area contributed by atoms with Gasteiger partial charge >= 0.3 is 0 Å². The number of halogens is 2. The molecule has 2 heterocycles. The first-order chi connectivity index (χ1) is 15.0. The first-order valence-corrected chi connectivity index (χ1v) is 10.3. The molecule has 0 aromatic heterocycles. The molecule has 1 saturated heterocycles. The Bertz CT molecular complexity index is 1130. The van der Waals surface area contributed by atoms with Gasteiger partial charge in [0.25, 0.3) is 11.7 Å². The highest BCUT2D eigenvalue weighted by molar-refractivity contribution is 6.04. The van der Waals surface area contributed by atoms with Crippen molar-refractivity contribution < 1.29 is 23.0 Å². The lowest BCUT2D eigenvalue weighted by Crippen LogP contribution is -2.44. The summed E-state index contributed by atoms with van der Waals surface area (Å²) < 4.78 is 39.1. The Labute approximate surface area is 178 Å². The summed E-state index contributed by atoms with van der Waals surface area (Å²) in [6.45, 7) is 0.255. The van der Waals surface area contributed by atoms with Crippen molar-refractivity contribution in [2.75, 3.05) is 11.9 Å². The summed E-state index contributed by atoms with van der Waals surface area (Å²) in [6, 6.07) is 19.6. The molecule has 1 amide bonds. The summed E-state index contributed by atoms with van der Waals surface area (Å²) in [7, 11) is 0. The normalized spacial score (nSPS) is 22.4.